The van der Waals surface area contributed by atoms with Crippen molar-refractivity contribution in [2.45, 2.75) is 13.5 Å². The Kier molecular flexibility index (Phi) is 6.05. The zero-order chi connectivity index (χ0) is 17.7. The Morgan fingerprint density at radius 3 is 2.54 bits per heavy atom. The van der Waals surface area contributed by atoms with Crippen LogP contribution in [-0.2, 0) is 11.3 Å². The Bertz CT molecular complexity index is 747. The summed E-state index contributed by atoms with van der Waals surface area (Å²) in [5.74, 6) is -0.173. The summed E-state index contributed by atoms with van der Waals surface area (Å²) in [5, 5.41) is 13.6. The summed E-state index contributed by atoms with van der Waals surface area (Å²) < 4.78 is 1.02. The minimum absolute atomic E-state index is 0.0357. The molecule has 0 saturated heterocycles. The third-order valence-electron chi connectivity index (χ3n) is 3.59. The molecule has 0 saturated carbocycles. The quantitative estimate of drug-likeness (QED) is 0.584. The second kappa shape index (κ2) is 8.03. The van der Waals surface area contributed by atoms with Gasteiger partial charge >= 0.3 is 0 Å². The summed E-state index contributed by atoms with van der Waals surface area (Å²) in [5.41, 5.74) is 2.37. The van der Waals surface area contributed by atoms with Gasteiger partial charge in [-0.3, -0.25) is 14.9 Å². The molecule has 0 spiro atoms. The van der Waals surface area contributed by atoms with Crippen LogP contribution in [0.25, 0.3) is 0 Å². The zero-order valence-electron chi connectivity index (χ0n) is 13.5. The first-order valence-electron chi connectivity index (χ1n) is 7.46. The first-order chi connectivity index (χ1) is 11.3. The summed E-state index contributed by atoms with van der Waals surface area (Å²) in [6, 6.07) is 12.4. The maximum absolute atomic E-state index is 12.2. The molecule has 2 aromatic carbocycles. The van der Waals surface area contributed by atoms with Crippen LogP contribution in [0.15, 0.2) is 46.9 Å². The van der Waals surface area contributed by atoms with Gasteiger partial charge in [-0.05, 0) is 24.6 Å². The van der Waals surface area contributed by atoms with Gasteiger partial charge in [0.2, 0.25) is 0 Å². The molecule has 0 aliphatic rings. The van der Waals surface area contributed by atoms with E-state index in [1.54, 1.807) is 13.0 Å². The van der Waals surface area contributed by atoms with Crippen molar-refractivity contribution in [1.29, 1.82) is 0 Å². The van der Waals surface area contributed by atoms with Crippen molar-refractivity contribution in [1.82, 2.24) is 0 Å². The molecule has 1 atom stereocenters. The van der Waals surface area contributed by atoms with E-state index in [1.807, 2.05) is 31.3 Å². The molecule has 2 N–H and O–H groups in total. The summed E-state index contributed by atoms with van der Waals surface area (Å²) >= 11 is 3.39. The zero-order valence-corrected chi connectivity index (χ0v) is 15.1. The van der Waals surface area contributed by atoms with Crippen molar-refractivity contribution in [2.75, 3.05) is 18.9 Å². The van der Waals surface area contributed by atoms with E-state index in [0.29, 0.717) is 12.2 Å². The fourth-order valence-corrected chi connectivity index (χ4v) is 2.60. The van der Waals surface area contributed by atoms with Gasteiger partial charge < -0.3 is 10.2 Å². The minimum atomic E-state index is -0.472. The van der Waals surface area contributed by atoms with Gasteiger partial charge in [0, 0.05) is 22.2 Å². The van der Waals surface area contributed by atoms with Crippen molar-refractivity contribution in [3.8, 4) is 0 Å². The summed E-state index contributed by atoms with van der Waals surface area (Å²) in [6.07, 6.45) is 0. The molecule has 0 aromatic heterocycles. The molecule has 0 heterocycles. The Labute approximate surface area is 148 Å². The van der Waals surface area contributed by atoms with E-state index in [-0.39, 0.29) is 18.1 Å². The fourth-order valence-electron chi connectivity index (χ4n) is 2.34. The van der Waals surface area contributed by atoms with Gasteiger partial charge in [0.25, 0.3) is 11.6 Å². The third-order valence-corrected chi connectivity index (χ3v) is 4.12. The Balaban J connectivity index is 1.96. The van der Waals surface area contributed by atoms with Crippen molar-refractivity contribution >= 4 is 33.2 Å². The topological polar surface area (TPSA) is 76.7 Å². The van der Waals surface area contributed by atoms with Crippen molar-refractivity contribution in [3.63, 3.8) is 0 Å². The van der Waals surface area contributed by atoms with Crippen LogP contribution in [-0.4, -0.2) is 24.4 Å². The third kappa shape index (κ3) is 5.14. The number of rotatable bonds is 6. The van der Waals surface area contributed by atoms with Crippen LogP contribution in [0.3, 0.4) is 0 Å². The number of nitrogens with zero attached hydrogens (tertiary/aromatic N) is 1. The van der Waals surface area contributed by atoms with E-state index >= 15 is 0 Å². The molecule has 7 heteroatoms. The van der Waals surface area contributed by atoms with E-state index in [4.69, 9.17) is 0 Å². The Morgan fingerprint density at radius 2 is 1.92 bits per heavy atom. The van der Waals surface area contributed by atoms with Gasteiger partial charge in [0.05, 0.1) is 17.7 Å². The minimum Gasteiger partial charge on any atom is -0.326 e. The smallest absolute Gasteiger partial charge is 0.279 e. The van der Waals surface area contributed by atoms with E-state index in [9.17, 15) is 14.9 Å². The Hall–Kier alpha value is -2.25. The molecule has 24 heavy (non-hydrogen) atoms. The lowest BCUT2D eigenvalue weighted by molar-refractivity contribution is -0.885. The van der Waals surface area contributed by atoms with Gasteiger partial charge in [-0.15, -0.1) is 0 Å². The highest BCUT2D eigenvalue weighted by Crippen LogP contribution is 2.21. The highest BCUT2D eigenvalue weighted by molar-refractivity contribution is 9.10. The molecular formula is C17H19BrN3O3+. The highest BCUT2D eigenvalue weighted by Gasteiger charge is 2.14. The number of halogens is 1. The molecule has 0 bridgehead atoms. The van der Waals surface area contributed by atoms with Crippen LogP contribution in [0.4, 0.5) is 11.4 Å². The van der Waals surface area contributed by atoms with Gasteiger partial charge in [-0.25, -0.2) is 0 Å². The lowest BCUT2D eigenvalue weighted by atomic mass is 10.2. The average molecular weight is 393 g/mol. The molecule has 2 aromatic rings. The molecule has 6 nitrogen and oxygen atoms in total. The molecule has 0 aliphatic heterocycles. The SMILES string of the molecule is Cc1ccc([N+](=O)[O-])cc1NC(=O)C[NH+](C)Cc1ccc(Br)cc1. The lowest BCUT2D eigenvalue weighted by Gasteiger charge is -2.14. The number of benzene rings is 2. The number of quaternary nitrogens is 1. The van der Waals surface area contributed by atoms with Crippen molar-refractivity contribution < 1.29 is 14.6 Å². The normalized spacial score (nSPS) is 11.8. The number of nitro groups is 1. The molecular weight excluding hydrogens is 374 g/mol. The summed E-state index contributed by atoms with van der Waals surface area (Å²) in [4.78, 5) is 23.6. The van der Waals surface area contributed by atoms with Gasteiger partial charge in [0.15, 0.2) is 6.54 Å². The Morgan fingerprint density at radius 1 is 1.25 bits per heavy atom. The van der Waals surface area contributed by atoms with Crippen LogP contribution in [0, 0.1) is 17.0 Å². The number of amides is 1. The number of likely N-dealkylation sites (N-methyl/N-ethyl adjacent to an activating group) is 1. The molecule has 0 fully saturated rings. The van der Waals surface area contributed by atoms with Crippen LogP contribution >= 0.6 is 15.9 Å². The summed E-state index contributed by atoms with van der Waals surface area (Å²) in [7, 11) is 1.93. The van der Waals surface area contributed by atoms with Crippen LogP contribution in [0.5, 0.6) is 0 Å². The largest absolute Gasteiger partial charge is 0.326 e. The first-order valence-corrected chi connectivity index (χ1v) is 8.25. The van der Waals surface area contributed by atoms with E-state index in [1.165, 1.54) is 12.1 Å². The number of nitrogens with one attached hydrogen (secondary N) is 2. The van der Waals surface area contributed by atoms with E-state index in [0.717, 1.165) is 20.5 Å². The number of hydrogen-bond acceptors (Lipinski definition) is 3. The average Bonchev–Trinajstić information content (AvgIpc) is 2.51. The van der Waals surface area contributed by atoms with Crippen LogP contribution in [0.2, 0.25) is 0 Å². The number of hydrogen-bond donors (Lipinski definition) is 2. The van der Waals surface area contributed by atoms with Gasteiger partial charge in [-0.1, -0.05) is 34.1 Å². The fraction of sp³-hybridized carbons (Fsp3) is 0.235. The molecule has 1 amide bonds. The standard InChI is InChI=1S/C17H18BrN3O3/c1-12-3-8-15(21(23)24)9-16(12)19-17(22)11-20(2)10-13-4-6-14(18)7-5-13/h3-9H,10-11H2,1-2H3,(H,19,22)/p+1. The number of carbonyl (C=O) groups excluding carboxylic acids is 1. The monoisotopic (exact) mass is 392 g/mol. The second-order valence-electron chi connectivity index (χ2n) is 5.74. The summed E-state index contributed by atoms with van der Waals surface area (Å²) in [6.45, 7) is 2.80. The lowest BCUT2D eigenvalue weighted by Crippen LogP contribution is -3.08. The van der Waals surface area contributed by atoms with Crippen molar-refractivity contribution in [3.05, 3.63) is 68.2 Å². The molecule has 2 rings (SSSR count). The molecule has 126 valence electrons. The van der Waals surface area contributed by atoms with E-state index < -0.39 is 4.92 Å². The number of aryl methyl sites for hydroxylation is 1. The maximum atomic E-state index is 12.2. The number of non-ortho nitro benzene ring substituents is 1. The van der Waals surface area contributed by atoms with Gasteiger partial charge in [-0.2, -0.15) is 0 Å². The van der Waals surface area contributed by atoms with Gasteiger partial charge in [0.1, 0.15) is 6.54 Å². The number of nitro benzene ring substituents is 1. The maximum Gasteiger partial charge on any atom is 0.279 e. The predicted molar refractivity (Wildman–Crippen MR) is 96.1 cm³/mol. The van der Waals surface area contributed by atoms with Crippen LogP contribution < -0.4 is 10.2 Å². The van der Waals surface area contributed by atoms with Crippen molar-refractivity contribution in [2.24, 2.45) is 0 Å². The number of anilines is 1. The number of carbonyl (C=O) groups is 1. The predicted octanol–water partition coefficient (Wildman–Crippen LogP) is 2.32. The first kappa shape index (κ1) is 18.1. The molecule has 1 unspecified atom stereocenters. The molecule has 0 aliphatic carbocycles. The second-order valence-corrected chi connectivity index (χ2v) is 6.66. The van der Waals surface area contributed by atoms with Crippen LogP contribution in [0.1, 0.15) is 11.1 Å². The molecule has 0 radical (unpaired) electrons. The highest BCUT2D eigenvalue weighted by atomic mass is 79.9. The van der Waals surface area contributed by atoms with E-state index in [2.05, 4.69) is 21.2 Å².